The van der Waals surface area contributed by atoms with Crippen LogP contribution in [0.5, 0.6) is 0 Å². The van der Waals surface area contributed by atoms with Crippen LogP contribution < -0.4 is 0 Å². The van der Waals surface area contributed by atoms with E-state index < -0.39 is 54.0 Å². The first-order valence-electron chi connectivity index (χ1n) is 12.0. The lowest BCUT2D eigenvalue weighted by molar-refractivity contribution is -0.297. The van der Waals surface area contributed by atoms with Crippen molar-refractivity contribution < 1.29 is 32.2 Å². The van der Waals surface area contributed by atoms with E-state index in [1.807, 2.05) is 30.3 Å². The first-order valence-corrected chi connectivity index (χ1v) is 12.0. The molecule has 1 amide bonds. The largest absolute Gasteiger partial charge is 0.366 e. The summed E-state index contributed by atoms with van der Waals surface area (Å²) in [6.07, 6.45) is -1.16. The Bertz CT molecular complexity index is 1330. The Morgan fingerprint density at radius 3 is 2.50 bits per heavy atom. The highest BCUT2D eigenvalue weighted by Crippen LogP contribution is 2.39. The minimum absolute atomic E-state index is 0.0187. The maximum Gasteiger partial charge on any atom is 0.276 e. The molecule has 5 atom stereocenters. The summed E-state index contributed by atoms with van der Waals surface area (Å²) >= 11 is 0. The molecule has 1 unspecified atom stereocenters. The van der Waals surface area contributed by atoms with Gasteiger partial charge in [0.1, 0.15) is 29.8 Å². The zero-order valence-electron chi connectivity index (χ0n) is 20.9. The molecule has 12 heteroatoms. The number of halogens is 3. The van der Waals surface area contributed by atoms with Gasteiger partial charge in [0.15, 0.2) is 23.7 Å². The third-order valence-electron chi connectivity index (χ3n) is 6.63. The van der Waals surface area contributed by atoms with Crippen LogP contribution in [0.3, 0.4) is 0 Å². The van der Waals surface area contributed by atoms with Gasteiger partial charge < -0.3 is 19.1 Å². The molecule has 0 radical (unpaired) electrons. The molecular formula is C26H26F3N5O4. The molecule has 5 rings (SSSR count). The number of amidine groups is 1. The molecule has 0 bridgehead atoms. The van der Waals surface area contributed by atoms with E-state index in [9.17, 15) is 18.0 Å². The Labute approximate surface area is 216 Å². The molecule has 3 heterocycles. The highest BCUT2D eigenvalue weighted by molar-refractivity contribution is 5.95. The quantitative estimate of drug-likeness (QED) is 0.289. The van der Waals surface area contributed by atoms with Gasteiger partial charge in [-0.15, -0.1) is 5.10 Å². The maximum absolute atomic E-state index is 13.8. The number of ether oxygens (including phenoxy) is 3. The van der Waals surface area contributed by atoms with Gasteiger partial charge in [-0.25, -0.2) is 17.9 Å². The fourth-order valence-corrected chi connectivity index (χ4v) is 4.43. The van der Waals surface area contributed by atoms with Crippen LogP contribution in [0.2, 0.25) is 0 Å². The lowest BCUT2D eigenvalue weighted by Gasteiger charge is -2.45. The fraction of sp³-hybridized carbons (Fsp3) is 0.385. The smallest absolute Gasteiger partial charge is 0.276 e. The maximum atomic E-state index is 13.8. The molecule has 2 aliphatic heterocycles. The molecule has 0 N–H and O–H groups in total. The van der Waals surface area contributed by atoms with Gasteiger partial charge in [0, 0.05) is 31.6 Å². The molecule has 0 spiro atoms. The summed E-state index contributed by atoms with van der Waals surface area (Å²) in [4.78, 5) is 18.9. The topological polar surface area (TPSA) is 91.1 Å². The van der Waals surface area contributed by atoms with Crippen molar-refractivity contribution in [2.45, 2.75) is 44.0 Å². The van der Waals surface area contributed by atoms with Gasteiger partial charge in [0.25, 0.3) is 5.91 Å². The van der Waals surface area contributed by atoms with Crippen LogP contribution in [0.4, 0.5) is 13.2 Å². The number of carbonyl (C=O) groups is 1. The van der Waals surface area contributed by atoms with Gasteiger partial charge in [-0.2, -0.15) is 4.99 Å². The number of aromatic nitrogens is 3. The number of aliphatic imine (C=N–C) groups is 1. The van der Waals surface area contributed by atoms with Crippen LogP contribution >= 0.6 is 0 Å². The van der Waals surface area contributed by atoms with E-state index in [4.69, 9.17) is 14.2 Å². The van der Waals surface area contributed by atoms with Crippen molar-refractivity contribution in [3.8, 4) is 11.3 Å². The molecule has 200 valence electrons. The van der Waals surface area contributed by atoms with E-state index in [2.05, 4.69) is 15.3 Å². The van der Waals surface area contributed by atoms with Crippen molar-refractivity contribution in [1.82, 2.24) is 19.9 Å². The Kier molecular flexibility index (Phi) is 7.28. The van der Waals surface area contributed by atoms with Crippen LogP contribution in [0.1, 0.15) is 31.2 Å². The normalized spacial score (nSPS) is 25.6. The second kappa shape index (κ2) is 10.6. The number of carbonyl (C=O) groups excluding carboxylic acids is 1. The summed E-state index contributed by atoms with van der Waals surface area (Å²) in [5.41, 5.74) is 0.956. The van der Waals surface area contributed by atoms with Crippen LogP contribution in [-0.2, 0) is 19.0 Å². The highest BCUT2D eigenvalue weighted by Gasteiger charge is 2.47. The van der Waals surface area contributed by atoms with Crippen molar-refractivity contribution in [2.75, 3.05) is 20.7 Å². The minimum atomic E-state index is -1.56. The average molecular weight is 530 g/mol. The van der Waals surface area contributed by atoms with E-state index in [0.29, 0.717) is 5.84 Å². The lowest BCUT2D eigenvalue weighted by Crippen LogP contribution is -2.54. The van der Waals surface area contributed by atoms with Gasteiger partial charge in [0.2, 0.25) is 0 Å². The van der Waals surface area contributed by atoms with E-state index in [0.717, 1.165) is 17.7 Å². The summed E-state index contributed by atoms with van der Waals surface area (Å²) in [6.45, 7) is 1.86. The first-order chi connectivity index (χ1) is 18.2. The summed E-state index contributed by atoms with van der Waals surface area (Å²) < 4.78 is 60.9. The predicted octanol–water partition coefficient (Wildman–Crippen LogP) is 3.68. The molecule has 3 aromatic rings. The zero-order valence-corrected chi connectivity index (χ0v) is 20.9. The van der Waals surface area contributed by atoms with E-state index in [1.54, 1.807) is 25.9 Å². The second-order valence-electron chi connectivity index (χ2n) is 9.37. The van der Waals surface area contributed by atoms with Gasteiger partial charge in [0.05, 0.1) is 18.8 Å². The fourth-order valence-electron chi connectivity index (χ4n) is 4.43. The summed E-state index contributed by atoms with van der Waals surface area (Å²) in [6, 6.07) is 10.5. The Hall–Kier alpha value is -3.61. The van der Waals surface area contributed by atoms with E-state index >= 15 is 0 Å². The zero-order chi connectivity index (χ0) is 27.0. The Morgan fingerprint density at radius 2 is 1.82 bits per heavy atom. The Morgan fingerprint density at radius 1 is 1.11 bits per heavy atom. The van der Waals surface area contributed by atoms with Crippen LogP contribution in [0, 0.1) is 17.5 Å². The average Bonchev–Trinajstić information content (AvgIpc) is 3.41. The summed E-state index contributed by atoms with van der Waals surface area (Å²) in [5, 5.41) is 8.21. The third kappa shape index (κ3) is 5.19. The number of rotatable bonds is 4. The highest BCUT2D eigenvalue weighted by atomic mass is 19.2. The van der Waals surface area contributed by atoms with E-state index in [1.165, 1.54) is 10.9 Å². The third-order valence-corrected chi connectivity index (χ3v) is 6.63. The van der Waals surface area contributed by atoms with Gasteiger partial charge in [-0.1, -0.05) is 35.5 Å². The molecule has 2 fully saturated rings. The van der Waals surface area contributed by atoms with E-state index in [-0.39, 0.29) is 24.3 Å². The molecule has 2 aliphatic rings. The molecular weight excluding hydrogens is 503 g/mol. The molecule has 2 saturated heterocycles. The van der Waals surface area contributed by atoms with Crippen molar-refractivity contribution in [2.24, 2.45) is 4.99 Å². The second-order valence-corrected chi connectivity index (χ2v) is 9.37. The van der Waals surface area contributed by atoms with Crippen LogP contribution in [0.25, 0.3) is 11.3 Å². The molecule has 1 aromatic heterocycles. The molecule has 2 aromatic carbocycles. The van der Waals surface area contributed by atoms with Crippen LogP contribution in [0.15, 0.2) is 53.7 Å². The number of hydrogen-bond acceptors (Lipinski definition) is 6. The number of fused-ring (bicyclic) bond motifs is 1. The van der Waals surface area contributed by atoms with Gasteiger partial charge >= 0.3 is 0 Å². The molecule has 38 heavy (non-hydrogen) atoms. The number of nitrogens with zero attached hydrogens (tertiary/aromatic N) is 5. The number of amides is 1. The van der Waals surface area contributed by atoms with Gasteiger partial charge in [-0.05, 0) is 19.1 Å². The molecule has 0 aliphatic carbocycles. The summed E-state index contributed by atoms with van der Waals surface area (Å²) in [5.74, 6) is -4.18. The first kappa shape index (κ1) is 26.0. The van der Waals surface area contributed by atoms with Crippen molar-refractivity contribution in [3.05, 3.63) is 71.7 Å². The standard InChI is InChI=1S/C26H26F3N5O4/c1-14(33(2)3)30-25(35)21-11-20(24-22(37-21)13-36-26(38-24)15-7-5-4-6-8-15)34-12-19(31-32-34)16-9-17(27)23(29)18(28)10-16/h4-10,12,20-22,24,26H,11,13H2,1-3H3/b30-14-/t20-,21-,22-,24-,26?/m1/s1. The predicted molar refractivity (Wildman–Crippen MR) is 129 cm³/mol. The van der Waals surface area contributed by atoms with Crippen molar-refractivity contribution in [1.29, 1.82) is 0 Å². The monoisotopic (exact) mass is 529 g/mol. The lowest BCUT2D eigenvalue weighted by atomic mass is 9.94. The SMILES string of the molecule is C/C(=N/C(=O)[C@H]1C[C@@H](n2cc(-c3cc(F)c(F)c(F)c3)nn2)[C@H]2OC(c3ccccc3)OC[C@H]2O1)N(C)C. The van der Waals surface area contributed by atoms with Crippen LogP contribution in [-0.4, -0.2) is 70.7 Å². The minimum Gasteiger partial charge on any atom is -0.366 e. The van der Waals surface area contributed by atoms with Gasteiger partial charge in [-0.3, -0.25) is 4.79 Å². The molecule has 9 nitrogen and oxygen atoms in total. The molecule has 0 saturated carbocycles. The summed E-state index contributed by atoms with van der Waals surface area (Å²) in [7, 11) is 3.55. The van der Waals surface area contributed by atoms with Crippen molar-refractivity contribution >= 4 is 11.7 Å². The Balaban J connectivity index is 1.47. The van der Waals surface area contributed by atoms with Crippen molar-refractivity contribution in [3.63, 3.8) is 0 Å². The number of benzene rings is 2. The number of hydrogen-bond donors (Lipinski definition) is 0.